The fourth-order valence-corrected chi connectivity index (χ4v) is 2.27. The van der Waals surface area contributed by atoms with E-state index in [0.717, 1.165) is 24.8 Å². The number of allylic oxidation sites excluding steroid dienone is 2. The lowest BCUT2D eigenvalue weighted by molar-refractivity contribution is -0.125. The van der Waals surface area contributed by atoms with Crippen molar-refractivity contribution in [2.24, 2.45) is 5.92 Å². The largest absolute Gasteiger partial charge is 0.488 e. The lowest BCUT2D eigenvalue weighted by Crippen LogP contribution is -2.30. The molecule has 2 rings (SSSR count). The number of halogens is 2. The quantitative estimate of drug-likeness (QED) is 0.818. The first-order valence-electron chi connectivity index (χ1n) is 7.08. The van der Waals surface area contributed by atoms with Gasteiger partial charge in [-0.2, -0.15) is 0 Å². The molecule has 0 saturated heterocycles. The number of amides is 1. The van der Waals surface area contributed by atoms with E-state index < -0.39 is 13.0 Å². The summed E-state index contributed by atoms with van der Waals surface area (Å²) in [6.45, 7) is -0.241. The summed E-state index contributed by atoms with van der Waals surface area (Å²) >= 11 is 0. The van der Waals surface area contributed by atoms with E-state index in [2.05, 4.69) is 11.4 Å². The molecular formula is C16H19F2NO2. The SMILES string of the molecule is O=C(NCc1cccc(OCC(F)F)c1)C1CC=CCC1. The van der Waals surface area contributed by atoms with Gasteiger partial charge < -0.3 is 10.1 Å². The molecule has 0 radical (unpaired) electrons. The molecule has 1 aliphatic rings. The standard InChI is InChI=1S/C16H19F2NO2/c17-15(18)11-21-14-8-4-5-12(9-14)10-19-16(20)13-6-2-1-3-7-13/h1-2,4-5,8-9,13,15H,3,6-7,10-11H2,(H,19,20). The lowest BCUT2D eigenvalue weighted by Gasteiger charge is -2.17. The van der Waals surface area contributed by atoms with Gasteiger partial charge in [0.2, 0.25) is 5.91 Å². The summed E-state index contributed by atoms with van der Waals surface area (Å²) < 4.78 is 29.1. The second kappa shape index (κ2) is 7.76. The number of hydrogen-bond donors (Lipinski definition) is 1. The average Bonchev–Trinajstić information content (AvgIpc) is 2.52. The summed E-state index contributed by atoms with van der Waals surface area (Å²) in [5.41, 5.74) is 0.835. The molecule has 0 aliphatic heterocycles. The first kappa shape index (κ1) is 15.5. The van der Waals surface area contributed by atoms with E-state index in [0.29, 0.717) is 12.3 Å². The van der Waals surface area contributed by atoms with Crippen LogP contribution in [0.4, 0.5) is 8.78 Å². The maximum absolute atomic E-state index is 12.1. The molecule has 0 bridgehead atoms. The Morgan fingerprint density at radius 2 is 2.24 bits per heavy atom. The number of carbonyl (C=O) groups excluding carboxylic acids is 1. The van der Waals surface area contributed by atoms with Gasteiger partial charge in [-0.25, -0.2) is 8.78 Å². The van der Waals surface area contributed by atoms with Crippen LogP contribution in [0.25, 0.3) is 0 Å². The van der Waals surface area contributed by atoms with Crippen LogP contribution in [-0.2, 0) is 11.3 Å². The van der Waals surface area contributed by atoms with Gasteiger partial charge in [-0.15, -0.1) is 0 Å². The zero-order valence-electron chi connectivity index (χ0n) is 11.7. The normalized spacial score (nSPS) is 17.8. The Labute approximate surface area is 123 Å². The zero-order valence-corrected chi connectivity index (χ0v) is 11.7. The highest BCUT2D eigenvalue weighted by atomic mass is 19.3. The highest BCUT2D eigenvalue weighted by Gasteiger charge is 2.18. The molecule has 1 atom stereocenters. The van der Waals surface area contributed by atoms with Crippen molar-refractivity contribution in [2.45, 2.75) is 32.2 Å². The van der Waals surface area contributed by atoms with Crippen molar-refractivity contribution >= 4 is 5.91 Å². The number of carbonyl (C=O) groups is 1. The fraction of sp³-hybridized carbons (Fsp3) is 0.438. The van der Waals surface area contributed by atoms with E-state index >= 15 is 0 Å². The topological polar surface area (TPSA) is 38.3 Å². The van der Waals surface area contributed by atoms with Crippen molar-refractivity contribution in [1.82, 2.24) is 5.32 Å². The molecule has 1 aromatic carbocycles. The van der Waals surface area contributed by atoms with Gasteiger partial charge in [0.1, 0.15) is 12.4 Å². The first-order chi connectivity index (χ1) is 10.1. The summed E-state index contributed by atoms with van der Waals surface area (Å²) in [7, 11) is 0. The van der Waals surface area contributed by atoms with Crippen LogP contribution < -0.4 is 10.1 Å². The Bertz CT molecular complexity index is 503. The zero-order chi connectivity index (χ0) is 15.1. The van der Waals surface area contributed by atoms with Crippen molar-refractivity contribution < 1.29 is 18.3 Å². The molecule has 21 heavy (non-hydrogen) atoms. The number of alkyl halides is 2. The predicted octanol–water partition coefficient (Wildman–Crippen LogP) is 3.30. The maximum Gasteiger partial charge on any atom is 0.272 e. The van der Waals surface area contributed by atoms with Crippen molar-refractivity contribution in [3.05, 3.63) is 42.0 Å². The van der Waals surface area contributed by atoms with Crippen molar-refractivity contribution in [3.63, 3.8) is 0 Å². The first-order valence-corrected chi connectivity index (χ1v) is 7.08. The van der Waals surface area contributed by atoms with Crippen LogP contribution in [0, 0.1) is 5.92 Å². The lowest BCUT2D eigenvalue weighted by atomic mass is 9.93. The smallest absolute Gasteiger partial charge is 0.272 e. The summed E-state index contributed by atoms with van der Waals surface area (Å²) in [5.74, 6) is 0.467. The summed E-state index contributed by atoms with van der Waals surface area (Å²) in [6.07, 6.45) is 4.23. The maximum atomic E-state index is 12.1. The Morgan fingerprint density at radius 1 is 1.38 bits per heavy atom. The second-order valence-electron chi connectivity index (χ2n) is 5.05. The van der Waals surface area contributed by atoms with E-state index in [1.807, 2.05) is 12.1 Å². The molecule has 3 nitrogen and oxygen atoms in total. The van der Waals surface area contributed by atoms with Crippen molar-refractivity contribution in [3.8, 4) is 5.75 Å². The van der Waals surface area contributed by atoms with Gasteiger partial charge in [0.05, 0.1) is 0 Å². The molecule has 1 aromatic rings. The van der Waals surface area contributed by atoms with Gasteiger partial charge in [0, 0.05) is 12.5 Å². The average molecular weight is 295 g/mol. The molecule has 0 fully saturated rings. The fourth-order valence-electron chi connectivity index (χ4n) is 2.27. The van der Waals surface area contributed by atoms with Crippen molar-refractivity contribution in [1.29, 1.82) is 0 Å². The molecule has 5 heteroatoms. The van der Waals surface area contributed by atoms with Crippen LogP contribution in [0.5, 0.6) is 5.75 Å². The van der Waals surface area contributed by atoms with E-state index in [1.54, 1.807) is 18.2 Å². The number of ether oxygens (including phenoxy) is 1. The van der Waals surface area contributed by atoms with Crippen LogP contribution in [-0.4, -0.2) is 18.9 Å². The third kappa shape index (κ3) is 5.17. The Balaban J connectivity index is 1.83. The van der Waals surface area contributed by atoms with Crippen molar-refractivity contribution in [2.75, 3.05) is 6.61 Å². The molecular weight excluding hydrogens is 276 g/mol. The highest BCUT2D eigenvalue weighted by Crippen LogP contribution is 2.19. The van der Waals surface area contributed by atoms with Gasteiger partial charge in [-0.05, 0) is 37.0 Å². The summed E-state index contributed by atoms with van der Waals surface area (Å²) in [4.78, 5) is 12.0. The monoisotopic (exact) mass is 295 g/mol. The van der Waals surface area contributed by atoms with Gasteiger partial charge >= 0.3 is 0 Å². The minimum atomic E-state index is -2.49. The highest BCUT2D eigenvalue weighted by molar-refractivity contribution is 5.78. The van der Waals surface area contributed by atoms with E-state index in [9.17, 15) is 13.6 Å². The molecule has 0 saturated carbocycles. The van der Waals surface area contributed by atoms with Gasteiger partial charge in [0.15, 0.2) is 0 Å². The minimum absolute atomic E-state index is 0.0354. The third-order valence-electron chi connectivity index (χ3n) is 3.38. The van der Waals surface area contributed by atoms with Gasteiger partial charge in [0.25, 0.3) is 6.43 Å². The number of hydrogen-bond acceptors (Lipinski definition) is 2. The van der Waals surface area contributed by atoms with E-state index in [-0.39, 0.29) is 11.8 Å². The molecule has 1 aliphatic carbocycles. The Kier molecular flexibility index (Phi) is 5.72. The third-order valence-corrected chi connectivity index (χ3v) is 3.38. The predicted molar refractivity (Wildman–Crippen MR) is 76.3 cm³/mol. The van der Waals surface area contributed by atoms with Gasteiger partial charge in [-0.3, -0.25) is 4.79 Å². The Morgan fingerprint density at radius 3 is 2.95 bits per heavy atom. The molecule has 0 heterocycles. The molecule has 0 spiro atoms. The summed E-state index contributed by atoms with van der Waals surface area (Å²) in [5, 5.41) is 2.88. The van der Waals surface area contributed by atoms with Crippen LogP contribution in [0.15, 0.2) is 36.4 Å². The second-order valence-corrected chi connectivity index (χ2v) is 5.05. The Hall–Kier alpha value is -1.91. The molecule has 1 unspecified atom stereocenters. The van der Waals surface area contributed by atoms with E-state index in [1.165, 1.54) is 0 Å². The van der Waals surface area contributed by atoms with Crippen LogP contribution >= 0.6 is 0 Å². The summed E-state index contributed by atoms with van der Waals surface area (Å²) in [6, 6.07) is 6.85. The van der Waals surface area contributed by atoms with Crippen LogP contribution in [0.1, 0.15) is 24.8 Å². The molecule has 114 valence electrons. The molecule has 0 aromatic heterocycles. The van der Waals surface area contributed by atoms with Crippen LogP contribution in [0.3, 0.4) is 0 Å². The number of benzene rings is 1. The number of nitrogens with one attached hydrogen (secondary N) is 1. The molecule has 1 N–H and O–H groups in total. The minimum Gasteiger partial charge on any atom is -0.488 e. The van der Waals surface area contributed by atoms with Crippen LogP contribution in [0.2, 0.25) is 0 Å². The molecule has 1 amide bonds. The van der Waals surface area contributed by atoms with Gasteiger partial charge in [-0.1, -0.05) is 24.3 Å². The number of rotatable bonds is 6. The van der Waals surface area contributed by atoms with E-state index in [4.69, 9.17) is 4.74 Å².